The van der Waals surface area contributed by atoms with E-state index < -0.39 is 0 Å². The summed E-state index contributed by atoms with van der Waals surface area (Å²) >= 11 is 0. The molecule has 0 aromatic carbocycles. The van der Waals surface area contributed by atoms with E-state index in [0.29, 0.717) is 0 Å². The lowest BCUT2D eigenvalue weighted by Gasteiger charge is -2.18. The van der Waals surface area contributed by atoms with Crippen LogP contribution in [0.1, 0.15) is 39.5 Å². The van der Waals surface area contributed by atoms with Gasteiger partial charge in [-0.2, -0.15) is 0 Å². The summed E-state index contributed by atoms with van der Waals surface area (Å²) in [7, 11) is 0. The lowest BCUT2D eigenvalue weighted by atomic mass is 9.88. The molecule has 1 rings (SSSR count). The minimum atomic E-state index is 0.878. The van der Waals surface area contributed by atoms with Gasteiger partial charge in [-0.3, -0.25) is 0 Å². The van der Waals surface area contributed by atoms with Crippen molar-refractivity contribution in [2.24, 2.45) is 5.92 Å². The Hall–Kier alpha value is -0.260. The summed E-state index contributed by atoms with van der Waals surface area (Å²) in [6, 6.07) is 0. The second kappa shape index (κ2) is 3.05. The summed E-state index contributed by atoms with van der Waals surface area (Å²) in [5.41, 5.74) is 1.68. The topological polar surface area (TPSA) is 0 Å². The van der Waals surface area contributed by atoms with Crippen LogP contribution in [0.5, 0.6) is 0 Å². The van der Waals surface area contributed by atoms with Gasteiger partial charge in [0.1, 0.15) is 0 Å². The third kappa shape index (κ3) is 1.57. The lowest BCUT2D eigenvalue weighted by Crippen LogP contribution is -2.02. The Bertz CT molecular complexity index is 111. The Morgan fingerprint density at radius 1 is 1.67 bits per heavy atom. The second-order valence-corrected chi connectivity index (χ2v) is 2.96. The summed E-state index contributed by atoms with van der Waals surface area (Å²) in [6.45, 7) is 4.60. The Balaban J connectivity index is 2.53. The maximum Gasteiger partial charge on any atom is -0.0232 e. The molecule has 9 heavy (non-hydrogen) atoms. The van der Waals surface area contributed by atoms with Crippen LogP contribution in [0.2, 0.25) is 0 Å². The molecule has 0 aromatic rings. The minimum Gasteiger partial charge on any atom is -0.0851 e. The molecule has 0 nitrogen and oxygen atoms in total. The van der Waals surface area contributed by atoms with Crippen LogP contribution >= 0.6 is 0 Å². The molecule has 0 saturated heterocycles. The highest BCUT2D eigenvalue weighted by atomic mass is 14.1. The van der Waals surface area contributed by atoms with Crippen LogP contribution in [0.3, 0.4) is 0 Å². The number of rotatable bonds is 1. The van der Waals surface area contributed by atoms with E-state index in [4.69, 9.17) is 0 Å². The molecule has 1 atom stereocenters. The van der Waals surface area contributed by atoms with Gasteiger partial charge in [0.05, 0.1) is 0 Å². The summed E-state index contributed by atoms with van der Waals surface area (Å²) in [5, 5.41) is 0. The first kappa shape index (κ1) is 6.85. The van der Waals surface area contributed by atoms with Gasteiger partial charge in [0.25, 0.3) is 0 Å². The molecule has 0 aliphatic heterocycles. The van der Waals surface area contributed by atoms with E-state index in [1.807, 2.05) is 0 Å². The van der Waals surface area contributed by atoms with E-state index in [1.54, 1.807) is 5.57 Å². The fraction of sp³-hybridized carbons (Fsp3) is 0.778. The Morgan fingerprint density at radius 3 is 2.89 bits per heavy atom. The zero-order chi connectivity index (χ0) is 6.69. The van der Waals surface area contributed by atoms with Crippen LogP contribution in [0.25, 0.3) is 0 Å². The number of allylic oxidation sites excluding steroid dienone is 2. The quantitative estimate of drug-likeness (QED) is 0.471. The smallest absolute Gasteiger partial charge is 0.0232 e. The van der Waals surface area contributed by atoms with E-state index in [2.05, 4.69) is 19.9 Å². The maximum absolute atomic E-state index is 2.42. The van der Waals surface area contributed by atoms with Gasteiger partial charge in [-0.1, -0.05) is 25.5 Å². The van der Waals surface area contributed by atoms with Gasteiger partial charge in [-0.25, -0.2) is 0 Å². The summed E-state index contributed by atoms with van der Waals surface area (Å²) in [4.78, 5) is 0. The van der Waals surface area contributed by atoms with Crippen molar-refractivity contribution in [1.82, 2.24) is 0 Å². The average molecular weight is 124 g/mol. The third-order valence-electron chi connectivity index (χ3n) is 2.29. The summed E-state index contributed by atoms with van der Waals surface area (Å²) in [5.74, 6) is 0.878. The number of hydrogen-bond acceptors (Lipinski definition) is 0. The summed E-state index contributed by atoms with van der Waals surface area (Å²) < 4.78 is 0. The Labute approximate surface area is 58.0 Å². The second-order valence-electron chi connectivity index (χ2n) is 2.96. The molecule has 52 valence electrons. The minimum absolute atomic E-state index is 0.878. The van der Waals surface area contributed by atoms with Crippen molar-refractivity contribution in [3.63, 3.8) is 0 Å². The van der Waals surface area contributed by atoms with Crippen LogP contribution in [0.15, 0.2) is 11.6 Å². The van der Waals surface area contributed by atoms with E-state index in [-0.39, 0.29) is 0 Å². The van der Waals surface area contributed by atoms with Crippen molar-refractivity contribution in [1.29, 1.82) is 0 Å². The molecule has 0 unspecified atom stereocenters. The predicted octanol–water partition coefficient (Wildman–Crippen LogP) is 3.14. The maximum atomic E-state index is 2.42. The molecule has 0 fully saturated rings. The fourth-order valence-electron chi connectivity index (χ4n) is 1.59. The predicted molar refractivity (Wildman–Crippen MR) is 41.4 cm³/mol. The molecule has 1 aliphatic rings. The van der Waals surface area contributed by atoms with Crippen LogP contribution in [0, 0.1) is 5.92 Å². The zero-order valence-corrected chi connectivity index (χ0v) is 6.48. The highest BCUT2D eigenvalue weighted by molar-refractivity contribution is 5.07. The van der Waals surface area contributed by atoms with Gasteiger partial charge in [0.2, 0.25) is 0 Å². The lowest BCUT2D eigenvalue weighted by molar-refractivity contribution is 0.538. The molecule has 0 amide bonds. The van der Waals surface area contributed by atoms with Crippen molar-refractivity contribution in [2.75, 3.05) is 0 Å². The molecule has 0 saturated carbocycles. The van der Waals surface area contributed by atoms with Crippen molar-refractivity contribution < 1.29 is 0 Å². The van der Waals surface area contributed by atoms with E-state index >= 15 is 0 Å². The van der Waals surface area contributed by atoms with Crippen LogP contribution < -0.4 is 0 Å². The highest BCUT2D eigenvalue weighted by Gasteiger charge is 2.09. The largest absolute Gasteiger partial charge is 0.0851 e. The SMILES string of the molecule is CCC1=CCCC[C@H]1C. The molecule has 0 heterocycles. The molecular formula is C9H16. The first-order valence-corrected chi connectivity index (χ1v) is 4.03. The normalized spacial score (nSPS) is 27.8. The van der Waals surface area contributed by atoms with Crippen molar-refractivity contribution >= 4 is 0 Å². The molecule has 0 aromatic heterocycles. The highest BCUT2D eigenvalue weighted by Crippen LogP contribution is 2.25. The van der Waals surface area contributed by atoms with Crippen LogP contribution in [0.4, 0.5) is 0 Å². The molecular weight excluding hydrogens is 108 g/mol. The van der Waals surface area contributed by atoms with Crippen molar-refractivity contribution in [3.05, 3.63) is 11.6 Å². The third-order valence-corrected chi connectivity index (χ3v) is 2.29. The molecule has 0 radical (unpaired) electrons. The molecule has 0 spiro atoms. The fourth-order valence-corrected chi connectivity index (χ4v) is 1.59. The zero-order valence-electron chi connectivity index (χ0n) is 6.48. The molecule has 1 aliphatic carbocycles. The van der Waals surface area contributed by atoms with Crippen molar-refractivity contribution in [3.8, 4) is 0 Å². The van der Waals surface area contributed by atoms with Crippen LogP contribution in [-0.4, -0.2) is 0 Å². The Morgan fingerprint density at radius 2 is 2.44 bits per heavy atom. The van der Waals surface area contributed by atoms with Gasteiger partial charge in [-0.05, 0) is 31.6 Å². The average Bonchev–Trinajstić information content (AvgIpc) is 1.89. The molecule has 0 N–H and O–H groups in total. The first-order chi connectivity index (χ1) is 4.34. The van der Waals surface area contributed by atoms with E-state index in [1.165, 1.54) is 25.7 Å². The summed E-state index contributed by atoms with van der Waals surface area (Å²) in [6.07, 6.45) is 7.84. The van der Waals surface area contributed by atoms with Gasteiger partial charge in [-0.15, -0.1) is 0 Å². The van der Waals surface area contributed by atoms with Gasteiger partial charge < -0.3 is 0 Å². The monoisotopic (exact) mass is 124 g/mol. The number of hydrogen-bond donors (Lipinski definition) is 0. The van der Waals surface area contributed by atoms with E-state index in [0.717, 1.165) is 5.92 Å². The first-order valence-electron chi connectivity index (χ1n) is 4.03. The van der Waals surface area contributed by atoms with Crippen LogP contribution in [-0.2, 0) is 0 Å². The van der Waals surface area contributed by atoms with E-state index in [9.17, 15) is 0 Å². The van der Waals surface area contributed by atoms with Gasteiger partial charge in [0, 0.05) is 0 Å². The standard InChI is InChI=1S/C9H16/c1-3-9-7-5-4-6-8(9)2/h7-8H,3-6H2,1-2H3/t8-/m1/s1. The van der Waals surface area contributed by atoms with Gasteiger partial charge in [0.15, 0.2) is 0 Å². The molecule has 0 bridgehead atoms. The molecule has 0 heteroatoms. The van der Waals surface area contributed by atoms with Gasteiger partial charge >= 0.3 is 0 Å². The van der Waals surface area contributed by atoms with Crippen molar-refractivity contribution in [2.45, 2.75) is 39.5 Å². The Kier molecular flexibility index (Phi) is 2.32.